The smallest absolute Gasteiger partial charge is 0.407 e. The zero-order valence-electron chi connectivity index (χ0n) is 21.0. The lowest BCUT2D eigenvalue weighted by molar-refractivity contribution is -0.0353. The molecule has 3 heterocycles. The molecule has 4 aliphatic rings. The minimum absolute atomic E-state index is 0.0244. The number of fused-ring (bicyclic) bond motifs is 4. The number of piperidine rings is 3. The second-order valence-electron chi connectivity index (χ2n) is 11.3. The molecule has 5 heteroatoms. The highest BCUT2D eigenvalue weighted by Gasteiger charge is 2.40. The summed E-state index contributed by atoms with van der Waals surface area (Å²) < 4.78 is 11.9. The lowest BCUT2D eigenvalue weighted by Gasteiger charge is -2.44. The summed E-state index contributed by atoms with van der Waals surface area (Å²) in [6, 6.07) is 14.9. The van der Waals surface area contributed by atoms with Gasteiger partial charge in [0.25, 0.3) is 0 Å². The van der Waals surface area contributed by atoms with Crippen molar-refractivity contribution in [2.75, 3.05) is 19.6 Å². The average Bonchev–Trinajstić information content (AvgIpc) is 2.81. The first-order valence-electron chi connectivity index (χ1n) is 12.9. The molecule has 0 saturated carbocycles. The summed E-state index contributed by atoms with van der Waals surface area (Å²) in [5.41, 5.74) is 4.81. The maximum Gasteiger partial charge on any atom is 0.407 e. The normalized spacial score (nSPS) is 27.2. The van der Waals surface area contributed by atoms with Gasteiger partial charge in [-0.3, -0.25) is 4.90 Å². The van der Waals surface area contributed by atoms with E-state index < -0.39 is 0 Å². The Morgan fingerprint density at radius 1 is 1.09 bits per heavy atom. The van der Waals surface area contributed by atoms with Crippen LogP contribution in [0.15, 0.2) is 42.5 Å². The van der Waals surface area contributed by atoms with Crippen molar-refractivity contribution in [3.8, 4) is 16.9 Å². The van der Waals surface area contributed by atoms with E-state index in [1.165, 1.54) is 16.7 Å². The zero-order valence-corrected chi connectivity index (χ0v) is 21.0. The summed E-state index contributed by atoms with van der Waals surface area (Å²) in [6.07, 6.45) is 4.21. The van der Waals surface area contributed by atoms with Gasteiger partial charge >= 0.3 is 6.09 Å². The number of hydrogen-bond acceptors (Lipinski definition) is 4. The van der Waals surface area contributed by atoms with Crippen molar-refractivity contribution in [3.63, 3.8) is 0 Å². The van der Waals surface area contributed by atoms with Gasteiger partial charge < -0.3 is 14.8 Å². The van der Waals surface area contributed by atoms with Crippen LogP contribution in [-0.4, -0.2) is 42.8 Å². The van der Waals surface area contributed by atoms with Crippen LogP contribution in [0, 0.1) is 11.3 Å². The van der Waals surface area contributed by atoms with Crippen LogP contribution in [0.25, 0.3) is 11.1 Å². The highest BCUT2D eigenvalue weighted by atomic mass is 16.6. The predicted octanol–water partition coefficient (Wildman–Crippen LogP) is 5.97. The lowest BCUT2D eigenvalue weighted by Crippen LogP contribution is -2.53. The van der Waals surface area contributed by atoms with Crippen molar-refractivity contribution in [1.82, 2.24) is 10.2 Å². The van der Waals surface area contributed by atoms with Gasteiger partial charge in [0.15, 0.2) is 0 Å². The highest BCUT2D eigenvalue weighted by Crippen LogP contribution is 2.44. The van der Waals surface area contributed by atoms with Crippen molar-refractivity contribution in [2.45, 2.75) is 71.6 Å². The Balaban J connectivity index is 1.34. The van der Waals surface area contributed by atoms with Gasteiger partial charge in [-0.2, -0.15) is 0 Å². The summed E-state index contributed by atoms with van der Waals surface area (Å²) in [4.78, 5) is 15.4. The first kappa shape index (κ1) is 23.2. The summed E-state index contributed by atoms with van der Waals surface area (Å²) in [6.45, 7) is 11.7. The number of nitrogens with zero attached hydrogens (tertiary/aromatic N) is 1. The van der Waals surface area contributed by atoms with Crippen LogP contribution in [0.1, 0.15) is 64.1 Å². The fraction of sp³-hybridized carbons (Fsp3) is 0.552. The van der Waals surface area contributed by atoms with Crippen LogP contribution in [0.3, 0.4) is 0 Å². The Labute approximate surface area is 203 Å². The molecule has 2 atom stereocenters. The number of carbonyl (C=O) groups is 1. The van der Waals surface area contributed by atoms with E-state index >= 15 is 0 Å². The molecule has 2 aromatic rings. The van der Waals surface area contributed by atoms with Crippen LogP contribution in [0.4, 0.5) is 4.79 Å². The molecule has 2 aromatic carbocycles. The summed E-state index contributed by atoms with van der Waals surface area (Å²) in [5, 5.41) is 3.26. The number of ether oxygens (including phenoxy) is 2. The zero-order chi connectivity index (χ0) is 23.9. The van der Waals surface area contributed by atoms with Crippen LogP contribution >= 0.6 is 0 Å². The molecule has 1 amide bonds. The van der Waals surface area contributed by atoms with E-state index in [2.05, 4.69) is 54.4 Å². The maximum absolute atomic E-state index is 13.0. The number of alkyl carbamates (subject to hydrolysis) is 1. The molecule has 1 N–H and O–H groups in total. The Morgan fingerprint density at radius 3 is 2.56 bits per heavy atom. The van der Waals surface area contributed by atoms with Crippen LogP contribution < -0.4 is 10.1 Å². The van der Waals surface area contributed by atoms with Crippen LogP contribution in [0.5, 0.6) is 5.75 Å². The van der Waals surface area contributed by atoms with E-state index in [4.69, 9.17) is 9.47 Å². The van der Waals surface area contributed by atoms with Crippen molar-refractivity contribution in [2.24, 2.45) is 11.3 Å². The van der Waals surface area contributed by atoms with Gasteiger partial charge in [-0.1, -0.05) is 44.2 Å². The predicted molar refractivity (Wildman–Crippen MR) is 135 cm³/mol. The standard InChI is InChI=1S/C29H38N2O3/c1-19(2)33-24-7-5-6-21(17-24)22-8-9-25-23(16-22)10-13-29(3,4)27(25)30-28(32)34-26-18-31-14-11-20(26)12-15-31/h5-9,16-17,19-20,26-27H,10-15,18H2,1-4H3,(H,30,32)/t26-,27?/m0/s1. The molecule has 1 aliphatic carbocycles. The number of amides is 1. The van der Waals surface area contributed by atoms with E-state index in [9.17, 15) is 4.79 Å². The van der Waals surface area contributed by atoms with Crippen molar-refractivity contribution in [1.29, 1.82) is 0 Å². The van der Waals surface area contributed by atoms with Crippen molar-refractivity contribution >= 4 is 6.09 Å². The average molecular weight is 463 g/mol. The van der Waals surface area contributed by atoms with Gasteiger partial charge in [-0.15, -0.1) is 0 Å². The summed E-state index contributed by atoms with van der Waals surface area (Å²) >= 11 is 0. The van der Waals surface area contributed by atoms with E-state index in [-0.39, 0.29) is 29.8 Å². The topological polar surface area (TPSA) is 50.8 Å². The molecule has 6 rings (SSSR count). The van der Waals surface area contributed by atoms with E-state index in [0.717, 1.165) is 56.6 Å². The number of aryl methyl sites for hydroxylation is 1. The quantitative estimate of drug-likeness (QED) is 0.594. The Bertz CT molecular complexity index is 1040. The molecule has 5 nitrogen and oxygen atoms in total. The molecule has 1 unspecified atom stereocenters. The van der Waals surface area contributed by atoms with Gasteiger partial charge in [0.05, 0.1) is 12.1 Å². The minimum atomic E-state index is -0.271. The van der Waals surface area contributed by atoms with Crippen molar-refractivity contribution in [3.05, 3.63) is 53.6 Å². The summed E-state index contributed by atoms with van der Waals surface area (Å²) in [7, 11) is 0. The molecule has 0 spiro atoms. The van der Waals surface area contributed by atoms with Gasteiger partial charge in [-0.05, 0) is 98.3 Å². The number of benzene rings is 2. The largest absolute Gasteiger partial charge is 0.491 e. The third-order valence-corrected chi connectivity index (χ3v) is 7.93. The fourth-order valence-electron chi connectivity index (χ4n) is 5.93. The fourth-order valence-corrected chi connectivity index (χ4v) is 5.93. The molecule has 0 aromatic heterocycles. The Morgan fingerprint density at radius 2 is 1.85 bits per heavy atom. The molecule has 0 radical (unpaired) electrons. The summed E-state index contributed by atoms with van der Waals surface area (Å²) in [5.74, 6) is 1.40. The molecule has 3 aliphatic heterocycles. The molecule has 182 valence electrons. The molecule has 2 bridgehead atoms. The molecule has 3 saturated heterocycles. The second kappa shape index (κ2) is 9.26. The van der Waals surface area contributed by atoms with Gasteiger partial charge in [-0.25, -0.2) is 4.79 Å². The van der Waals surface area contributed by atoms with E-state index in [1.807, 2.05) is 26.0 Å². The van der Waals surface area contributed by atoms with Gasteiger partial charge in [0, 0.05) is 6.54 Å². The maximum atomic E-state index is 13.0. The van der Waals surface area contributed by atoms with E-state index in [1.54, 1.807) is 0 Å². The van der Waals surface area contributed by atoms with Gasteiger partial charge in [0.2, 0.25) is 0 Å². The molecular formula is C29H38N2O3. The number of carbonyl (C=O) groups excluding carboxylic acids is 1. The van der Waals surface area contributed by atoms with Crippen LogP contribution in [0.2, 0.25) is 0 Å². The number of nitrogens with one attached hydrogen (secondary N) is 1. The molecule has 3 fully saturated rings. The van der Waals surface area contributed by atoms with Crippen LogP contribution in [-0.2, 0) is 11.2 Å². The Kier molecular flexibility index (Phi) is 6.32. The minimum Gasteiger partial charge on any atom is -0.491 e. The first-order chi connectivity index (χ1) is 16.3. The van der Waals surface area contributed by atoms with Crippen molar-refractivity contribution < 1.29 is 14.3 Å². The Hall–Kier alpha value is -2.53. The third-order valence-electron chi connectivity index (χ3n) is 7.93. The number of hydrogen-bond donors (Lipinski definition) is 1. The lowest BCUT2D eigenvalue weighted by atomic mass is 9.70. The van der Waals surface area contributed by atoms with E-state index in [0.29, 0.717) is 5.92 Å². The van der Waals surface area contributed by atoms with Gasteiger partial charge in [0.1, 0.15) is 11.9 Å². The number of rotatable bonds is 5. The molecule has 34 heavy (non-hydrogen) atoms. The third kappa shape index (κ3) is 4.81. The highest BCUT2D eigenvalue weighted by molar-refractivity contribution is 5.70. The molecular weight excluding hydrogens is 424 g/mol. The first-order valence-corrected chi connectivity index (χ1v) is 12.9. The monoisotopic (exact) mass is 462 g/mol. The second-order valence-corrected chi connectivity index (χ2v) is 11.3. The SMILES string of the molecule is CC(C)Oc1cccc(-c2ccc3c(c2)CCC(C)(C)C3NC(=O)O[C@H]2CN3CCC2CC3)c1.